The van der Waals surface area contributed by atoms with Gasteiger partial charge in [0.25, 0.3) is 5.91 Å². The van der Waals surface area contributed by atoms with E-state index >= 15 is 0 Å². The molecule has 0 bridgehead atoms. The highest BCUT2D eigenvalue weighted by atomic mass is 16.5. The Hall–Kier alpha value is -2.77. The molecule has 1 heterocycles. The molecule has 0 aliphatic carbocycles. The summed E-state index contributed by atoms with van der Waals surface area (Å²) in [7, 11) is 1.55. The van der Waals surface area contributed by atoms with Crippen molar-refractivity contribution >= 4 is 11.9 Å². The first-order valence-electron chi connectivity index (χ1n) is 7.72. The molecule has 1 unspecified atom stereocenters. The van der Waals surface area contributed by atoms with E-state index in [-0.39, 0.29) is 30.3 Å². The molecule has 0 aliphatic heterocycles. The molecule has 1 atom stereocenters. The van der Waals surface area contributed by atoms with Gasteiger partial charge in [-0.3, -0.25) is 4.79 Å². The molecule has 0 fully saturated rings. The minimum absolute atomic E-state index is 0.0916. The van der Waals surface area contributed by atoms with Crippen molar-refractivity contribution in [3.63, 3.8) is 0 Å². The highest BCUT2D eigenvalue weighted by Crippen LogP contribution is 2.06. The molecular weight excluding hydrogens is 324 g/mol. The van der Waals surface area contributed by atoms with Crippen molar-refractivity contribution in [2.75, 3.05) is 20.2 Å². The summed E-state index contributed by atoms with van der Waals surface area (Å²) in [6.07, 6.45) is 0.379. The van der Waals surface area contributed by atoms with Gasteiger partial charge in [-0.1, -0.05) is 30.3 Å². The minimum Gasteiger partial charge on any atom is -0.477 e. The first kappa shape index (κ1) is 18.6. The third-order valence-electron chi connectivity index (χ3n) is 3.48. The Morgan fingerprint density at radius 2 is 1.92 bits per heavy atom. The number of aliphatic hydroxyl groups excluding tert-OH is 1. The van der Waals surface area contributed by atoms with Gasteiger partial charge in [0.1, 0.15) is 5.69 Å². The predicted octanol–water partition coefficient (Wildman–Crippen LogP) is 1.43. The van der Waals surface area contributed by atoms with Gasteiger partial charge >= 0.3 is 5.97 Å². The lowest BCUT2D eigenvalue weighted by Crippen LogP contribution is -2.36. The van der Waals surface area contributed by atoms with Crippen molar-refractivity contribution in [1.29, 1.82) is 0 Å². The van der Waals surface area contributed by atoms with E-state index in [4.69, 9.17) is 9.84 Å². The lowest BCUT2D eigenvalue weighted by molar-refractivity contribution is 0.0137. The van der Waals surface area contributed by atoms with Crippen LogP contribution in [-0.2, 0) is 11.3 Å². The molecule has 2 rings (SSSR count). The van der Waals surface area contributed by atoms with Crippen LogP contribution in [-0.4, -0.2) is 58.3 Å². The van der Waals surface area contributed by atoms with Gasteiger partial charge in [0.2, 0.25) is 0 Å². The van der Waals surface area contributed by atoms with Crippen LogP contribution in [0.1, 0.15) is 26.4 Å². The number of benzene rings is 1. The van der Waals surface area contributed by atoms with Gasteiger partial charge in [-0.25, -0.2) is 9.78 Å². The molecule has 2 aromatic rings. The summed E-state index contributed by atoms with van der Waals surface area (Å²) in [5.74, 6) is -1.51. The van der Waals surface area contributed by atoms with Crippen molar-refractivity contribution < 1.29 is 24.5 Å². The number of likely N-dealkylation sites (N-methyl/N-ethyl adjacent to an activating group) is 1. The molecule has 1 aromatic carbocycles. The standard InChI is InChI=1S/C18H20N2O5/c1-20(17(22)14-7-8-16(18(23)24)19-9-14)10-15(21)12-25-11-13-5-3-2-4-6-13/h2-9,15,21H,10-12H2,1H3,(H,23,24). The van der Waals surface area contributed by atoms with Crippen molar-refractivity contribution in [1.82, 2.24) is 9.88 Å². The number of aromatic carboxylic acids is 1. The summed E-state index contributed by atoms with van der Waals surface area (Å²) in [6, 6.07) is 12.2. The van der Waals surface area contributed by atoms with Crippen LogP contribution in [0, 0.1) is 0 Å². The molecule has 0 aliphatic rings. The fraction of sp³-hybridized carbons (Fsp3) is 0.278. The Labute approximate surface area is 145 Å². The third kappa shape index (κ3) is 5.66. The second kappa shape index (κ2) is 8.91. The molecule has 1 aromatic heterocycles. The van der Waals surface area contributed by atoms with Gasteiger partial charge in [0, 0.05) is 19.8 Å². The van der Waals surface area contributed by atoms with E-state index in [1.54, 1.807) is 7.05 Å². The summed E-state index contributed by atoms with van der Waals surface area (Å²) in [5.41, 5.74) is 1.13. The van der Waals surface area contributed by atoms with Crippen LogP contribution in [0.2, 0.25) is 0 Å². The predicted molar refractivity (Wildman–Crippen MR) is 90.3 cm³/mol. The lowest BCUT2D eigenvalue weighted by Gasteiger charge is -2.21. The molecule has 7 nitrogen and oxygen atoms in total. The maximum Gasteiger partial charge on any atom is 0.354 e. The van der Waals surface area contributed by atoms with Crippen LogP contribution < -0.4 is 0 Å². The van der Waals surface area contributed by atoms with E-state index in [1.165, 1.54) is 23.2 Å². The van der Waals surface area contributed by atoms with Gasteiger partial charge in [-0.15, -0.1) is 0 Å². The zero-order valence-electron chi connectivity index (χ0n) is 13.8. The second-order valence-corrected chi connectivity index (χ2v) is 5.58. The number of aromatic nitrogens is 1. The molecule has 0 spiro atoms. The fourth-order valence-corrected chi connectivity index (χ4v) is 2.21. The Kier molecular flexibility index (Phi) is 6.62. The van der Waals surface area contributed by atoms with Crippen molar-refractivity contribution in [2.24, 2.45) is 0 Å². The fourth-order valence-electron chi connectivity index (χ4n) is 2.21. The van der Waals surface area contributed by atoms with E-state index < -0.39 is 12.1 Å². The number of carbonyl (C=O) groups is 2. The van der Waals surface area contributed by atoms with Gasteiger partial charge in [0.05, 0.1) is 24.9 Å². The van der Waals surface area contributed by atoms with E-state index in [1.807, 2.05) is 30.3 Å². The van der Waals surface area contributed by atoms with E-state index in [9.17, 15) is 14.7 Å². The molecule has 7 heteroatoms. The Bertz CT molecular complexity index is 703. The van der Waals surface area contributed by atoms with Crippen molar-refractivity contribution in [3.8, 4) is 0 Å². The maximum absolute atomic E-state index is 12.2. The number of ether oxygens (including phenoxy) is 1. The smallest absolute Gasteiger partial charge is 0.354 e. The van der Waals surface area contributed by atoms with Crippen LogP contribution in [0.5, 0.6) is 0 Å². The number of rotatable bonds is 8. The number of hydrogen-bond acceptors (Lipinski definition) is 5. The average molecular weight is 344 g/mol. The number of amides is 1. The van der Waals surface area contributed by atoms with Gasteiger partial charge in [0.15, 0.2) is 0 Å². The average Bonchev–Trinajstić information content (AvgIpc) is 2.62. The van der Waals surface area contributed by atoms with Gasteiger partial charge in [-0.2, -0.15) is 0 Å². The van der Waals surface area contributed by atoms with Gasteiger partial charge in [-0.05, 0) is 17.7 Å². The molecular formula is C18H20N2O5. The molecule has 0 radical (unpaired) electrons. The Morgan fingerprint density at radius 3 is 2.52 bits per heavy atom. The third-order valence-corrected chi connectivity index (χ3v) is 3.48. The number of aliphatic hydroxyl groups is 1. The van der Waals surface area contributed by atoms with E-state index in [2.05, 4.69) is 4.98 Å². The Morgan fingerprint density at radius 1 is 1.20 bits per heavy atom. The van der Waals surface area contributed by atoms with E-state index in [0.29, 0.717) is 6.61 Å². The van der Waals surface area contributed by atoms with Crippen molar-refractivity contribution in [3.05, 3.63) is 65.5 Å². The zero-order valence-corrected chi connectivity index (χ0v) is 13.8. The van der Waals surface area contributed by atoms with Crippen LogP contribution in [0.4, 0.5) is 0 Å². The number of nitrogens with zero attached hydrogens (tertiary/aromatic N) is 2. The summed E-state index contributed by atoms with van der Waals surface area (Å²) in [6.45, 7) is 0.577. The normalized spacial score (nSPS) is 11.8. The highest BCUT2D eigenvalue weighted by molar-refractivity contribution is 5.94. The van der Waals surface area contributed by atoms with Gasteiger partial charge < -0.3 is 19.8 Å². The summed E-state index contributed by atoms with van der Waals surface area (Å²) < 4.78 is 5.44. The van der Waals surface area contributed by atoms with Crippen LogP contribution in [0.3, 0.4) is 0 Å². The van der Waals surface area contributed by atoms with E-state index in [0.717, 1.165) is 5.56 Å². The topological polar surface area (TPSA) is 100.0 Å². The minimum atomic E-state index is -1.15. The largest absolute Gasteiger partial charge is 0.477 e. The summed E-state index contributed by atoms with van der Waals surface area (Å²) in [5, 5.41) is 18.8. The van der Waals surface area contributed by atoms with Crippen LogP contribution >= 0.6 is 0 Å². The number of carboxylic acids is 1. The molecule has 0 saturated carbocycles. The summed E-state index contributed by atoms with van der Waals surface area (Å²) in [4.78, 5) is 28.1. The molecule has 2 N–H and O–H groups in total. The molecule has 1 amide bonds. The van der Waals surface area contributed by atoms with Crippen LogP contribution in [0.25, 0.3) is 0 Å². The number of carboxylic acid groups (broad SMARTS) is 1. The first-order valence-corrected chi connectivity index (χ1v) is 7.72. The number of hydrogen-bond donors (Lipinski definition) is 2. The van der Waals surface area contributed by atoms with Crippen molar-refractivity contribution in [2.45, 2.75) is 12.7 Å². The maximum atomic E-state index is 12.2. The summed E-state index contributed by atoms with van der Waals surface area (Å²) >= 11 is 0. The monoisotopic (exact) mass is 344 g/mol. The lowest BCUT2D eigenvalue weighted by atomic mass is 10.2. The molecule has 0 saturated heterocycles. The second-order valence-electron chi connectivity index (χ2n) is 5.58. The number of pyridine rings is 1. The zero-order chi connectivity index (χ0) is 18.2. The first-order chi connectivity index (χ1) is 12.0. The number of carbonyl (C=O) groups excluding carboxylic acids is 1. The quantitative estimate of drug-likeness (QED) is 0.751. The molecule has 132 valence electrons. The molecule has 25 heavy (non-hydrogen) atoms. The SMILES string of the molecule is CN(CC(O)COCc1ccccc1)C(=O)c1ccc(C(=O)O)nc1. The highest BCUT2D eigenvalue weighted by Gasteiger charge is 2.16. The Balaban J connectivity index is 1.80. The van der Waals surface area contributed by atoms with Crippen LogP contribution in [0.15, 0.2) is 48.7 Å².